The van der Waals surface area contributed by atoms with Crippen LogP contribution in [-0.4, -0.2) is 36.7 Å². The maximum absolute atomic E-state index is 11.8. The predicted octanol–water partition coefficient (Wildman–Crippen LogP) is 1.47. The van der Waals surface area contributed by atoms with Gasteiger partial charge in [0.2, 0.25) is 5.91 Å². The standard InChI is InChI=1S/C15H19NO4/c17-14(16-10-11-4-6-20-7-5-11)9-12-2-1-3-13(8-12)15(18)19/h1-3,8,11H,4-7,9-10H2,(H,16,17)(H,18,19). The Labute approximate surface area is 117 Å². The van der Waals surface area contributed by atoms with Gasteiger partial charge < -0.3 is 15.2 Å². The summed E-state index contributed by atoms with van der Waals surface area (Å²) in [6, 6.07) is 6.48. The third-order valence-electron chi connectivity index (χ3n) is 3.47. The third-order valence-corrected chi connectivity index (χ3v) is 3.47. The van der Waals surface area contributed by atoms with Crippen molar-refractivity contribution in [2.24, 2.45) is 5.92 Å². The zero-order valence-electron chi connectivity index (χ0n) is 11.3. The number of carbonyl (C=O) groups excluding carboxylic acids is 1. The Morgan fingerprint density at radius 2 is 2.05 bits per heavy atom. The van der Waals surface area contributed by atoms with Crippen LogP contribution in [-0.2, 0) is 16.0 Å². The second kappa shape index (κ2) is 7.05. The van der Waals surface area contributed by atoms with E-state index in [1.165, 1.54) is 12.1 Å². The number of amides is 1. The minimum absolute atomic E-state index is 0.0703. The van der Waals surface area contributed by atoms with Crippen molar-refractivity contribution < 1.29 is 19.4 Å². The van der Waals surface area contributed by atoms with Gasteiger partial charge in [-0.3, -0.25) is 4.79 Å². The Morgan fingerprint density at radius 3 is 2.75 bits per heavy atom. The van der Waals surface area contributed by atoms with Crippen molar-refractivity contribution in [1.82, 2.24) is 5.32 Å². The Kier molecular flexibility index (Phi) is 5.12. The molecular weight excluding hydrogens is 258 g/mol. The molecule has 1 saturated heterocycles. The first-order chi connectivity index (χ1) is 9.65. The average molecular weight is 277 g/mol. The molecule has 5 nitrogen and oxygen atoms in total. The quantitative estimate of drug-likeness (QED) is 0.854. The van der Waals surface area contributed by atoms with Gasteiger partial charge in [-0.2, -0.15) is 0 Å². The summed E-state index contributed by atoms with van der Waals surface area (Å²) in [6.45, 7) is 2.20. The highest BCUT2D eigenvalue weighted by Crippen LogP contribution is 2.13. The summed E-state index contributed by atoms with van der Waals surface area (Å²) in [6.07, 6.45) is 2.17. The molecule has 0 saturated carbocycles. The van der Waals surface area contributed by atoms with Crippen LogP contribution >= 0.6 is 0 Å². The highest BCUT2D eigenvalue weighted by Gasteiger charge is 2.15. The minimum Gasteiger partial charge on any atom is -0.478 e. The van der Waals surface area contributed by atoms with Gasteiger partial charge in [-0.1, -0.05) is 12.1 Å². The normalized spacial score (nSPS) is 15.8. The van der Waals surface area contributed by atoms with Crippen LogP contribution in [0, 0.1) is 5.92 Å². The second-order valence-electron chi connectivity index (χ2n) is 5.04. The molecule has 1 fully saturated rings. The van der Waals surface area contributed by atoms with Gasteiger partial charge in [0.1, 0.15) is 0 Å². The van der Waals surface area contributed by atoms with Gasteiger partial charge in [0.05, 0.1) is 12.0 Å². The molecule has 2 rings (SSSR count). The number of hydrogen-bond donors (Lipinski definition) is 2. The van der Waals surface area contributed by atoms with Crippen LogP contribution in [0.4, 0.5) is 0 Å². The number of nitrogens with one attached hydrogen (secondary N) is 1. The van der Waals surface area contributed by atoms with Crippen LogP contribution in [0.2, 0.25) is 0 Å². The van der Waals surface area contributed by atoms with Crippen LogP contribution in [0.25, 0.3) is 0 Å². The second-order valence-corrected chi connectivity index (χ2v) is 5.04. The molecule has 108 valence electrons. The van der Waals surface area contributed by atoms with Gasteiger partial charge in [-0.15, -0.1) is 0 Å². The molecule has 1 aromatic carbocycles. The molecule has 1 aliphatic rings. The summed E-state index contributed by atoms with van der Waals surface area (Å²) in [7, 11) is 0. The van der Waals surface area contributed by atoms with E-state index in [0.717, 1.165) is 31.6 Å². The SMILES string of the molecule is O=C(Cc1cccc(C(=O)O)c1)NCC1CCOCC1. The molecule has 1 heterocycles. The van der Waals surface area contributed by atoms with Gasteiger partial charge in [0.25, 0.3) is 0 Å². The molecule has 1 amide bonds. The lowest BCUT2D eigenvalue weighted by atomic mass is 10.0. The van der Waals surface area contributed by atoms with Crippen molar-refractivity contribution in [2.75, 3.05) is 19.8 Å². The van der Waals surface area contributed by atoms with E-state index in [1.54, 1.807) is 12.1 Å². The molecule has 0 unspecified atom stereocenters. The molecule has 0 bridgehead atoms. The van der Waals surface area contributed by atoms with E-state index >= 15 is 0 Å². The van der Waals surface area contributed by atoms with Gasteiger partial charge in [-0.05, 0) is 36.5 Å². The topological polar surface area (TPSA) is 75.6 Å². The Morgan fingerprint density at radius 1 is 1.30 bits per heavy atom. The first-order valence-electron chi connectivity index (χ1n) is 6.82. The van der Waals surface area contributed by atoms with E-state index in [4.69, 9.17) is 9.84 Å². The van der Waals surface area contributed by atoms with Crippen molar-refractivity contribution in [3.05, 3.63) is 35.4 Å². The molecule has 0 radical (unpaired) electrons. The summed E-state index contributed by atoms with van der Waals surface area (Å²) in [5.74, 6) is -0.563. The summed E-state index contributed by atoms with van der Waals surface area (Å²) in [4.78, 5) is 22.7. The molecule has 20 heavy (non-hydrogen) atoms. The number of aromatic carboxylic acids is 1. The molecule has 1 aliphatic heterocycles. The lowest BCUT2D eigenvalue weighted by Crippen LogP contribution is -2.33. The lowest BCUT2D eigenvalue weighted by Gasteiger charge is -2.22. The monoisotopic (exact) mass is 277 g/mol. The Hall–Kier alpha value is -1.88. The van der Waals surface area contributed by atoms with Crippen LogP contribution in [0.3, 0.4) is 0 Å². The van der Waals surface area contributed by atoms with Crippen molar-refractivity contribution in [3.8, 4) is 0 Å². The molecule has 1 aromatic rings. The van der Waals surface area contributed by atoms with Crippen molar-refractivity contribution in [2.45, 2.75) is 19.3 Å². The minimum atomic E-state index is -0.977. The number of carbonyl (C=O) groups is 2. The fourth-order valence-electron chi connectivity index (χ4n) is 2.27. The van der Waals surface area contributed by atoms with Crippen LogP contribution in [0.5, 0.6) is 0 Å². The Balaban J connectivity index is 1.81. The molecule has 0 aromatic heterocycles. The lowest BCUT2D eigenvalue weighted by molar-refractivity contribution is -0.120. The largest absolute Gasteiger partial charge is 0.478 e. The van der Waals surface area contributed by atoms with Crippen LogP contribution < -0.4 is 5.32 Å². The molecule has 2 N–H and O–H groups in total. The zero-order valence-corrected chi connectivity index (χ0v) is 11.3. The van der Waals surface area contributed by atoms with Crippen molar-refractivity contribution >= 4 is 11.9 Å². The average Bonchev–Trinajstić information content (AvgIpc) is 2.46. The van der Waals surface area contributed by atoms with Gasteiger partial charge in [0, 0.05) is 19.8 Å². The van der Waals surface area contributed by atoms with Gasteiger partial charge in [-0.25, -0.2) is 4.79 Å². The molecule has 0 aliphatic carbocycles. The predicted molar refractivity (Wildman–Crippen MR) is 73.7 cm³/mol. The highest BCUT2D eigenvalue weighted by molar-refractivity contribution is 5.88. The number of ether oxygens (including phenoxy) is 1. The number of carboxylic acids is 1. The van der Waals surface area contributed by atoms with Crippen molar-refractivity contribution in [1.29, 1.82) is 0 Å². The third kappa shape index (κ3) is 4.35. The summed E-state index contributed by atoms with van der Waals surface area (Å²) < 4.78 is 5.27. The maximum atomic E-state index is 11.8. The summed E-state index contributed by atoms with van der Waals surface area (Å²) in [5, 5.41) is 11.8. The Bertz CT molecular complexity index is 481. The summed E-state index contributed by atoms with van der Waals surface area (Å²) >= 11 is 0. The molecular formula is C15H19NO4. The number of rotatable bonds is 5. The van der Waals surface area contributed by atoms with E-state index in [0.29, 0.717) is 12.5 Å². The van der Waals surface area contributed by atoms with E-state index in [2.05, 4.69) is 5.32 Å². The smallest absolute Gasteiger partial charge is 0.335 e. The summed E-state index contributed by atoms with van der Waals surface area (Å²) in [5.41, 5.74) is 0.925. The zero-order chi connectivity index (χ0) is 14.4. The fraction of sp³-hybridized carbons (Fsp3) is 0.467. The number of hydrogen-bond acceptors (Lipinski definition) is 3. The highest BCUT2D eigenvalue weighted by atomic mass is 16.5. The van der Waals surface area contributed by atoms with Crippen molar-refractivity contribution in [3.63, 3.8) is 0 Å². The van der Waals surface area contributed by atoms with Crippen LogP contribution in [0.15, 0.2) is 24.3 Å². The van der Waals surface area contributed by atoms with Gasteiger partial charge in [0.15, 0.2) is 0 Å². The number of carboxylic acid groups (broad SMARTS) is 1. The van der Waals surface area contributed by atoms with E-state index in [-0.39, 0.29) is 17.9 Å². The van der Waals surface area contributed by atoms with Crippen LogP contribution in [0.1, 0.15) is 28.8 Å². The maximum Gasteiger partial charge on any atom is 0.335 e. The molecule has 5 heteroatoms. The molecule has 0 atom stereocenters. The van der Waals surface area contributed by atoms with Gasteiger partial charge >= 0.3 is 5.97 Å². The number of benzene rings is 1. The molecule has 0 spiro atoms. The van der Waals surface area contributed by atoms with E-state index < -0.39 is 5.97 Å². The first-order valence-corrected chi connectivity index (χ1v) is 6.82. The fourth-order valence-corrected chi connectivity index (χ4v) is 2.27. The van der Waals surface area contributed by atoms with E-state index in [1.807, 2.05) is 0 Å². The van der Waals surface area contributed by atoms with E-state index in [9.17, 15) is 9.59 Å². The first kappa shape index (κ1) is 14.5.